The topological polar surface area (TPSA) is 68.3 Å². The molecule has 0 bridgehead atoms. The number of benzene rings is 4. The molecule has 9 rings (SSSR count). The molecule has 0 spiro atoms. The third-order valence-electron chi connectivity index (χ3n) is 16.6. The van der Waals surface area contributed by atoms with Crippen LogP contribution in [0.2, 0.25) is 0 Å². The van der Waals surface area contributed by atoms with E-state index >= 15 is 0 Å². The molecule has 0 radical (unpaired) electrons. The lowest BCUT2D eigenvalue weighted by Gasteiger charge is -2.47. The van der Waals surface area contributed by atoms with Gasteiger partial charge in [-0.2, -0.15) is 0 Å². The highest BCUT2D eigenvalue weighted by Crippen LogP contribution is 2.63. The van der Waals surface area contributed by atoms with Crippen molar-refractivity contribution in [2.45, 2.75) is 165 Å². The number of allylic oxidation sites excluding steroid dienone is 3. The minimum absolute atomic E-state index is 0.0248. The first-order valence-corrected chi connectivity index (χ1v) is 24.9. The lowest BCUT2D eigenvalue weighted by Crippen LogP contribution is -2.38. The summed E-state index contributed by atoms with van der Waals surface area (Å²) in [6.45, 7) is 8.61. The first-order valence-electron chi connectivity index (χ1n) is 24.9. The molecule has 0 N–H and O–H groups in total. The third-order valence-corrected chi connectivity index (χ3v) is 16.6. The number of carbonyl (C=O) groups excluding carboxylic acids is 4. The third kappa shape index (κ3) is 8.29. The second-order valence-electron chi connectivity index (χ2n) is 20.7. The van der Waals surface area contributed by atoms with E-state index in [-0.39, 0.29) is 46.9 Å². The molecule has 3 atom stereocenters. The SMILES string of the molecule is CCc1cc2c(cc1C1CCCCC1)C1=C(C3C=CC(c4ccccc4)(c4ccc(C5CCC(C(=O)CCC(=O)CCCCC(=O)C(C)=O)CC5)cc4)CC23)C(C)(C)c2ccccc21. The van der Waals surface area contributed by atoms with E-state index in [0.29, 0.717) is 49.4 Å². The average Bonchev–Trinajstić information content (AvgIpc) is 3.58. The molecule has 4 heteroatoms. The molecular formula is C60H68O4. The zero-order valence-electron chi connectivity index (χ0n) is 38.9. The molecule has 0 aromatic heterocycles. The molecule has 0 saturated heterocycles. The molecule has 5 aliphatic carbocycles. The number of rotatable bonds is 15. The molecule has 0 amide bonds. The molecule has 64 heavy (non-hydrogen) atoms. The van der Waals surface area contributed by atoms with Crippen LogP contribution in [-0.4, -0.2) is 23.1 Å². The molecule has 4 aromatic carbocycles. The summed E-state index contributed by atoms with van der Waals surface area (Å²) in [4.78, 5) is 48.5. The van der Waals surface area contributed by atoms with Crippen LogP contribution in [0.3, 0.4) is 0 Å². The van der Waals surface area contributed by atoms with Gasteiger partial charge < -0.3 is 0 Å². The van der Waals surface area contributed by atoms with Gasteiger partial charge in [0.15, 0.2) is 11.6 Å². The Morgan fingerprint density at radius 1 is 0.656 bits per heavy atom. The Hall–Kier alpha value is -4.96. The average molecular weight is 853 g/mol. The number of unbranched alkanes of at least 4 members (excludes halogenated alkanes) is 1. The highest BCUT2D eigenvalue weighted by atomic mass is 16.2. The maximum atomic E-state index is 13.2. The molecule has 0 aliphatic heterocycles. The smallest absolute Gasteiger partial charge is 0.198 e. The first kappa shape index (κ1) is 44.3. The largest absolute Gasteiger partial charge is 0.300 e. The van der Waals surface area contributed by atoms with Gasteiger partial charge in [-0.05, 0) is 143 Å². The van der Waals surface area contributed by atoms with E-state index in [1.54, 1.807) is 22.3 Å². The van der Waals surface area contributed by atoms with Crippen molar-refractivity contribution >= 4 is 28.7 Å². The van der Waals surface area contributed by atoms with Crippen molar-refractivity contribution in [1.29, 1.82) is 0 Å². The lowest BCUT2D eigenvalue weighted by atomic mass is 9.56. The van der Waals surface area contributed by atoms with Crippen LogP contribution in [0.25, 0.3) is 5.57 Å². The van der Waals surface area contributed by atoms with Crippen molar-refractivity contribution in [3.05, 3.63) is 159 Å². The molecule has 332 valence electrons. The van der Waals surface area contributed by atoms with E-state index in [1.807, 2.05) is 0 Å². The maximum Gasteiger partial charge on any atom is 0.198 e. The monoisotopic (exact) mass is 853 g/mol. The number of hydrogen-bond donors (Lipinski definition) is 0. The lowest BCUT2D eigenvalue weighted by molar-refractivity contribution is -0.135. The van der Waals surface area contributed by atoms with Gasteiger partial charge >= 0.3 is 0 Å². The van der Waals surface area contributed by atoms with Crippen LogP contribution in [0.4, 0.5) is 0 Å². The highest BCUT2D eigenvalue weighted by Gasteiger charge is 2.51. The molecule has 5 aliphatic rings. The Labute approximate surface area is 382 Å². The molecular weight excluding hydrogens is 785 g/mol. The first-order chi connectivity index (χ1) is 31.0. The van der Waals surface area contributed by atoms with E-state index in [9.17, 15) is 19.2 Å². The molecule has 2 saturated carbocycles. The molecule has 3 unspecified atom stereocenters. The summed E-state index contributed by atoms with van der Waals surface area (Å²) in [5.74, 6) is 1.25. The van der Waals surface area contributed by atoms with Crippen molar-refractivity contribution in [2.75, 3.05) is 0 Å². The molecule has 0 heterocycles. The van der Waals surface area contributed by atoms with Crippen molar-refractivity contribution < 1.29 is 19.2 Å². The van der Waals surface area contributed by atoms with Gasteiger partial charge in [-0.15, -0.1) is 0 Å². The summed E-state index contributed by atoms with van der Waals surface area (Å²) < 4.78 is 0. The van der Waals surface area contributed by atoms with Crippen LogP contribution >= 0.6 is 0 Å². The van der Waals surface area contributed by atoms with E-state index in [4.69, 9.17) is 0 Å². The van der Waals surface area contributed by atoms with Crippen molar-refractivity contribution in [3.63, 3.8) is 0 Å². The van der Waals surface area contributed by atoms with E-state index < -0.39 is 5.78 Å². The Morgan fingerprint density at radius 2 is 1.34 bits per heavy atom. The highest BCUT2D eigenvalue weighted by molar-refractivity contribution is 6.36. The van der Waals surface area contributed by atoms with Crippen LogP contribution in [0.15, 0.2) is 109 Å². The van der Waals surface area contributed by atoms with E-state index in [1.165, 1.54) is 78.0 Å². The molecule has 4 aromatic rings. The predicted molar refractivity (Wildman–Crippen MR) is 259 cm³/mol. The summed E-state index contributed by atoms with van der Waals surface area (Å²) in [5.41, 5.74) is 15.9. The van der Waals surface area contributed by atoms with Gasteiger partial charge in [0.2, 0.25) is 0 Å². The summed E-state index contributed by atoms with van der Waals surface area (Å²) in [7, 11) is 0. The summed E-state index contributed by atoms with van der Waals surface area (Å²) in [6, 6.07) is 35.5. The number of ketones is 4. The number of fused-ring (bicyclic) bond motifs is 7. The fraction of sp³-hybridized carbons (Fsp3) is 0.467. The van der Waals surface area contributed by atoms with Crippen molar-refractivity contribution in [2.24, 2.45) is 11.8 Å². The number of carbonyl (C=O) groups is 4. The van der Waals surface area contributed by atoms with E-state index in [2.05, 4.69) is 124 Å². The Balaban J connectivity index is 0.970. The van der Waals surface area contributed by atoms with Crippen LogP contribution in [0, 0.1) is 11.8 Å². The van der Waals surface area contributed by atoms with Crippen LogP contribution in [-0.2, 0) is 36.4 Å². The zero-order valence-corrected chi connectivity index (χ0v) is 38.9. The second-order valence-corrected chi connectivity index (χ2v) is 20.7. The molecule has 2 fully saturated rings. The number of Topliss-reactive ketones (excluding diaryl/α,β-unsaturated/α-hetero) is 4. The van der Waals surface area contributed by atoms with Gasteiger partial charge in [-0.3, -0.25) is 19.2 Å². The van der Waals surface area contributed by atoms with Gasteiger partial charge in [0.25, 0.3) is 0 Å². The fourth-order valence-corrected chi connectivity index (χ4v) is 13.1. The van der Waals surface area contributed by atoms with E-state index in [0.717, 1.165) is 38.5 Å². The van der Waals surface area contributed by atoms with Crippen LogP contribution in [0.1, 0.15) is 198 Å². The quantitative estimate of drug-likeness (QED) is 0.0679. The minimum Gasteiger partial charge on any atom is -0.300 e. The summed E-state index contributed by atoms with van der Waals surface area (Å²) in [5, 5.41) is 0. The van der Waals surface area contributed by atoms with Gasteiger partial charge in [-0.25, -0.2) is 0 Å². The predicted octanol–water partition coefficient (Wildman–Crippen LogP) is 14.0. The number of hydrogen-bond acceptors (Lipinski definition) is 4. The number of aryl methyl sites for hydroxylation is 1. The van der Waals surface area contributed by atoms with Crippen LogP contribution < -0.4 is 0 Å². The van der Waals surface area contributed by atoms with Crippen molar-refractivity contribution in [3.8, 4) is 0 Å². The van der Waals surface area contributed by atoms with Crippen molar-refractivity contribution in [1.82, 2.24) is 0 Å². The van der Waals surface area contributed by atoms with Gasteiger partial charge in [-0.1, -0.05) is 143 Å². The summed E-state index contributed by atoms with van der Waals surface area (Å²) >= 11 is 0. The standard InChI is InChI=1S/C60H68O4/c1-5-40-36-51-52(37-50(40)43-16-8-6-9-17-43)57-49-21-13-14-22-54(49)59(3,4)58(57)48-34-35-60(38-53(48)51,45-18-10-7-11-19-45)46-30-28-42(29-31-46)41-24-26-44(27-25-41)56(64)33-32-47(62)20-12-15-23-55(63)39(2)61/h7,10-11,13-14,18-19,21-22,28-31,34-37,41,43-44,48,53H,5-6,8-9,12,15-17,20,23-27,32-33,38H2,1-4H3. The fourth-order valence-electron chi connectivity index (χ4n) is 13.1. The maximum absolute atomic E-state index is 13.2. The Morgan fingerprint density at radius 3 is 2.06 bits per heavy atom. The minimum atomic E-state index is -0.425. The zero-order chi connectivity index (χ0) is 44.6. The second kappa shape index (κ2) is 18.5. The van der Waals surface area contributed by atoms with Gasteiger partial charge in [0, 0.05) is 55.3 Å². The normalized spacial score (nSPS) is 24.6. The van der Waals surface area contributed by atoms with Crippen LogP contribution in [0.5, 0.6) is 0 Å². The van der Waals surface area contributed by atoms with Gasteiger partial charge in [0.05, 0.1) is 0 Å². The Kier molecular flexibility index (Phi) is 12.8. The molecule has 4 nitrogen and oxygen atoms in total. The Bertz CT molecular complexity index is 2470. The van der Waals surface area contributed by atoms with Gasteiger partial charge in [0.1, 0.15) is 11.6 Å². The summed E-state index contributed by atoms with van der Waals surface area (Å²) in [6.07, 6.45) is 19.9.